The maximum atomic E-state index is 12.1. The first-order valence-electron chi connectivity index (χ1n) is 6.91. The molecule has 0 fully saturated rings. The summed E-state index contributed by atoms with van der Waals surface area (Å²) in [6.07, 6.45) is 3.13. The van der Waals surface area contributed by atoms with Crippen molar-refractivity contribution in [2.24, 2.45) is 0 Å². The van der Waals surface area contributed by atoms with Gasteiger partial charge in [-0.3, -0.25) is 14.6 Å². The molecule has 1 atom stereocenters. The summed E-state index contributed by atoms with van der Waals surface area (Å²) < 4.78 is 5.31. The molecule has 0 saturated heterocycles. The number of pyridine rings is 1. The summed E-state index contributed by atoms with van der Waals surface area (Å²) in [6.45, 7) is 1.90. The number of nitrogens with zero attached hydrogens (tertiary/aromatic N) is 1. The molecule has 2 N–H and O–H groups in total. The van der Waals surface area contributed by atoms with Gasteiger partial charge in [-0.05, 0) is 36.8 Å². The lowest BCUT2D eigenvalue weighted by atomic mass is 10.1. The Hall–Kier alpha value is -2.89. The van der Waals surface area contributed by atoms with Crippen molar-refractivity contribution in [1.82, 2.24) is 10.3 Å². The number of carbonyl (C=O) groups excluding carboxylic acids is 2. The van der Waals surface area contributed by atoms with Crippen LogP contribution >= 0.6 is 0 Å². The molecule has 3 rings (SSSR count). The summed E-state index contributed by atoms with van der Waals surface area (Å²) in [5.41, 5.74) is 2.00. The van der Waals surface area contributed by atoms with E-state index in [0.29, 0.717) is 17.0 Å². The first kappa shape index (κ1) is 14.1. The third-order valence-corrected chi connectivity index (χ3v) is 3.41. The van der Waals surface area contributed by atoms with Crippen LogP contribution in [0.4, 0.5) is 5.69 Å². The molecular formula is C16H15N3O3. The molecule has 112 valence electrons. The Labute approximate surface area is 127 Å². The largest absolute Gasteiger partial charge is 0.482 e. The second-order valence-corrected chi connectivity index (χ2v) is 5.03. The van der Waals surface area contributed by atoms with Gasteiger partial charge in [0.05, 0.1) is 17.3 Å². The molecule has 0 saturated carbocycles. The number of anilines is 1. The Balaban J connectivity index is 1.75. The van der Waals surface area contributed by atoms with Gasteiger partial charge < -0.3 is 15.4 Å². The zero-order valence-electron chi connectivity index (χ0n) is 12.0. The summed E-state index contributed by atoms with van der Waals surface area (Å²) in [4.78, 5) is 27.4. The van der Waals surface area contributed by atoms with Gasteiger partial charge in [-0.2, -0.15) is 0 Å². The monoisotopic (exact) mass is 297 g/mol. The number of rotatable bonds is 3. The molecule has 2 amide bonds. The van der Waals surface area contributed by atoms with E-state index in [1.807, 2.05) is 13.0 Å². The van der Waals surface area contributed by atoms with E-state index in [0.717, 1.165) is 5.56 Å². The fraction of sp³-hybridized carbons (Fsp3) is 0.188. The second kappa shape index (κ2) is 5.85. The molecule has 2 heterocycles. The highest BCUT2D eigenvalue weighted by molar-refractivity contribution is 5.96. The predicted octanol–water partition coefficient (Wildman–Crippen LogP) is 1.90. The van der Waals surface area contributed by atoms with Crippen molar-refractivity contribution in [2.75, 3.05) is 11.9 Å². The van der Waals surface area contributed by atoms with E-state index in [1.165, 1.54) is 6.20 Å². The zero-order valence-corrected chi connectivity index (χ0v) is 12.0. The smallest absolute Gasteiger partial charge is 0.262 e. The maximum absolute atomic E-state index is 12.1. The summed E-state index contributed by atoms with van der Waals surface area (Å²) in [5, 5.41) is 5.65. The lowest BCUT2D eigenvalue weighted by molar-refractivity contribution is -0.118. The Morgan fingerprint density at radius 2 is 2.27 bits per heavy atom. The van der Waals surface area contributed by atoms with Crippen molar-refractivity contribution in [2.45, 2.75) is 13.0 Å². The number of carbonyl (C=O) groups is 2. The van der Waals surface area contributed by atoms with Crippen LogP contribution in [0, 0.1) is 0 Å². The number of nitrogens with one attached hydrogen (secondary N) is 2. The first-order valence-corrected chi connectivity index (χ1v) is 6.91. The van der Waals surface area contributed by atoms with E-state index >= 15 is 0 Å². The molecule has 22 heavy (non-hydrogen) atoms. The molecule has 0 aliphatic carbocycles. The molecule has 0 unspecified atom stereocenters. The van der Waals surface area contributed by atoms with E-state index in [4.69, 9.17) is 4.74 Å². The minimum atomic E-state index is -0.211. The summed E-state index contributed by atoms with van der Waals surface area (Å²) in [6, 6.07) is 8.67. The van der Waals surface area contributed by atoms with Crippen LogP contribution in [0.1, 0.15) is 28.9 Å². The van der Waals surface area contributed by atoms with Crippen molar-refractivity contribution in [3.63, 3.8) is 0 Å². The third-order valence-electron chi connectivity index (χ3n) is 3.41. The highest BCUT2D eigenvalue weighted by Crippen LogP contribution is 2.30. The normalized spacial score (nSPS) is 14.3. The average molecular weight is 297 g/mol. The number of fused-ring (bicyclic) bond motifs is 1. The van der Waals surface area contributed by atoms with Gasteiger partial charge in [-0.25, -0.2) is 0 Å². The molecule has 2 aromatic rings. The molecule has 1 aromatic heterocycles. The molecule has 0 bridgehead atoms. The van der Waals surface area contributed by atoms with E-state index < -0.39 is 0 Å². The fourth-order valence-electron chi connectivity index (χ4n) is 2.23. The van der Waals surface area contributed by atoms with Gasteiger partial charge in [-0.15, -0.1) is 0 Å². The molecule has 0 radical (unpaired) electrons. The van der Waals surface area contributed by atoms with Crippen molar-refractivity contribution in [3.05, 3.63) is 53.9 Å². The molecule has 0 spiro atoms. The summed E-state index contributed by atoms with van der Waals surface area (Å²) >= 11 is 0. The van der Waals surface area contributed by atoms with Gasteiger partial charge in [0.1, 0.15) is 5.75 Å². The number of hydrogen-bond acceptors (Lipinski definition) is 4. The van der Waals surface area contributed by atoms with E-state index in [1.54, 1.807) is 30.5 Å². The van der Waals surface area contributed by atoms with Crippen molar-refractivity contribution in [1.29, 1.82) is 0 Å². The number of hydrogen-bond donors (Lipinski definition) is 2. The van der Waals surface area contributed by atoms with E-state index in [2.05, 4.69) is 15.6 Å². The minimum absolute atomic E-state index is 0.0274. The summed E-state index contributed by atoms with van der Waals surface area (Å²) in [7, 11) is 0. The quantitative estimate of drug-likeness (QED) is 0.906. The zero-order chi connectivity index (χ0) is 15.5. The van der Waals surface area contributed by atoms with Crippen molar-refractivity contribution < 1.29 is 14.3 Å². The molecule has 6 heteroatoms. The number of ether oxygens (including phenoxy) is 1. The maximum Gasteiger partial charge on any atom is 0.262 e. The van der Waals surface area contributed by atoms with Gasteiger partial charge in [0.15, 0.2) is 6.61 Å². The molecule has 1 aliphatic rings. The fourth-order valence-corrected chi connectivity index (χ4v) is 2.23. The topological polar surface area (TPSA) is 80.3 Å². The highest BCUT2D eigenvalue weighted by Gasteiger charge is 2.18. The van der Waals surface area contributed by atoms with Gasteiger partial charge in [0, 0.05) is 12.4 Å². The molecule has 6 nitrogen and oxygen atoms in total. The van der Waals surface area contributed by atoms with Crippen molar-refractivity contribution in [3.8, 4) is 5.75 Å². The van der Waals surface area contributed by atoms with Crippen LogP contribution in [0.2, 0.25) is 0 Å². The average Bonchev–Trinajstić information content (AvgIpc) is 2.54. The van der Waals surface area contributed by atoms with Crippen LogP contribution < -0.4 is 15.4 Å². The molecule has 1 aliphatic heterocycles. The SMILES string of the molecule is C[C@H](NC(=O)c1cccnc1)c1ccc2c(c1)NC(=O)CO2. The lowest BCUT2D eigenvalue weighted by Gasteiger charge is -2.21. The number of aromatic nitrogens is 1. The molecular weight excluding hydrogens is 282 g/mol. The standard InChI is InChI=1S/C16H15N3O3/c1-10(18-16(21)12-3-2-6-17-8-12)11-4-5-14-13(7-11)19-15(20)9-22-14/h2-8,10H,9H2,1H3,(H,18,21)(H,19,20)/t10-/m0/s1. The van der Waals surface area contributed by atoms with Crippen LogP contribution in [-0.4, -0.2) is 23.4 Å². The lowest BCUT2D eigenvalue weighted by Crippen LogP contribution is -2.28. The predicted molar refractivity (Wildman–Crippen MR) is 80.7 cm³/mol. The van der Waals surface area contributed by atoms with Crippen molar-refractivity contribution >= 4 is 17.5 Å². The highest BCUT2D eigenvalue weighted by atomic mass is 16.5. The minimum Gasteiger partial charge on any atom is -0.482 e. The Kier molecular flexibility index (Phi) is 3.74. The number of benzene rings is 1. The second-order valence-electron chi connectivity index (χ2n) is 5.03. The molecule has 1 aromatic carbocycles. The Morgan fingerprint density at radius 1 is 1.41 bits per heavy atom. The van der Waals surface area contributed by atoms with Gasteiger partial charge >= 0.3 is 0 Å². The van der Waals surface area contributed by atoms with E-state index in [9.17, 15) is 9.59 Å². The van der Waals surface area contributed by atoms with Gasteiger partial charge in [0.2, 0.25) is 0 Å². The number of amides is 2. The first-order chi connectivity index (χ1) is 10.6. The van der Waals surface area contributed by atoms with Crippen LogP contribution in [-0.2, 0) is 4.79 Å². The Morgan fingerprint density at radius 3 is 3.05 bits per heavy atom. The van der Waals surface area contributed by atoms with Gasteiger partial charge in [0.25, 0.3) is 11.8 Å². The third kappa shape index (κ3) is 2.90. The Bertz CT molecular complexity index is 716. The van der Waals surface area contributed by atoms with Crippen LogP contribution in [0.5, 0.6) is 5.75 Å². The van der Waals surface area contributed by atoms with Gasteiger partial charge in [-0.1, -0.05) is 6.07 Å². The van der Waals surface area contributed by atoms with E-state index in [-0.39, 0.29) is 24.5 Å². The van der Waals surface area contributed by atoms with Crippen LogP contribution in [0.15, 0.2) is 42.7 Å². The van der Waals surface area contributed by atoms with Crippen LogP contribution in [0.3, 0.4) is 0 Å². The summed E-state index contributed by atoms with van der Waals surface area (Å²) in [5.74, 6) is 0.254. The van der Waals surface area contributed by atoms with Crippen LogP contribution in [0.25, 0.3) is 0 Å².